The summed E-state index contributed by atoms with van der Waals surface area (Å²) >= 11 is 0. The molecule has 6 heteroatoms. The van der Waals surface area contributed by atoms with Crippen molar-refractivity contribution >= 4 is 5.97 Å². The van der Waals surface area contributed by atoms with Crippen molar-refractivity contribution in [3.63, 3.8) is 0 Å². The van der Waals surface area contributed by atoms with Crippen LogP contribution in [0.4, 0.5) is 8.78 Å². The largest absolute Gasteiger partial charge is 0.460 e. The van der Waals surface area contributed by atoms with Gasteiger partial charge in [-0.05, 0) is 17.8 Å². The molecular formula is C14H19F2NO3. The number of rotatable bonds is 4. The van der Waals surface area contributed by atoms with E-state index >= 15 is 0 Å². The number of alkyl halides is 2. The van der Waals surface area contributed by atoms with Gasteiger partial charge in [0.05, 0.1) is 6.61 Å². The first kappa shape index (κ1) is 14.9. The van der Waals surface area contributed by atoms with Crippen molar-refractivity contribution in [1.82, 2.24) is 4.98 Å². The molecule has 2 rings (SSSR count). The number of carbonyl (C=O) groups excluding carboxylic acids is 1. The van der Waals surface area contributed by atoms with Crippen LogP contribution in [0.15, 0.2) is 4.42 Å². The summed E-state index contributed by atoms with van der Waals surface area (Å²) in [5.41, 5.74) is -0.844. The molecule has 0 atom stereocenters. The van der Waals surface area contributed by atoms with Crippen LogP contribution < -0.4 is 0 Å². The summed E-state index contributed by atoms with van der Waals surface area (Å²) in [6.07, 6.45) is -2.86. The van der Waals surface area contributed by atoms with E-state index in [1.807, 2.05) is 27.7 Å². The van der Waals surface area contributed by atoms with E-state index < -0.39 is 23.8 Å². The summed E-state index contributed by atoms with van der Waals surface area (Å²) < 4.78 is 36.0. The third-order valence-corrected chi connectivity index (χ3v) is 4.61. The normalized spacial score (nSPS) is 20.2. The number of nitrogens with zero attached hydrogens (tertiary/aromatic N) is 1. The van der Waals surface area contributed by atoms with Crippen LogP contribution in [0.25, 0.3) is 0 Å². The highest BCUT2D eigenvalue weighted by molar-refractivity contribution is 5.87. The second-order valence-electron chi connectivity index (χ2n) is 6.16. The predicted octanol–water partition coefficient (Wildman–Crippen LogP) is 3.94. The highest BCUT2D eigenvalue weighted by Gasteiger charge is 2.67. The van der Waals surface area contributed by atoms with E-state index in [1.165, 1.54) is 0 Å². The molecule has 0 aromatic carbocycles. The van der Waals surface area contributed by atoms with Crippen molar-refractivity contribution in [2.75, 3.05) is 6.61 Å². The van der Waals surface area contributed by atoms with Crippen molar-refractivity contribution in [3.8, 4) is 0 Å². The number of halogens is 2. The molecule has 0 N–H and O–H groups in total. The molecule has 1 heterocycles. The summed E-state index contributed by atoms with van der Waals surface area (Å²) in [4.78, 5) is 15.5. The molecule has 0 aliphatic heterocycles. The minimum Gasteiger partial charge on any atom is -0.460 e. The van der Waals surface area contributed by atoms with Crippen LogP contribution in [0.2, 0.25) is 0 Å². The lowest BCUT2D eigenvalue weighted by molar-refractivity contribution is 0.0473. The zero-order valence-corrected chi connectivity index (χ0v) is 12.3. The van der Waals surface area contributed by atoms with Gasteiger partial charge in [-0.1, -0.05) is 27.7 Å². The highest BCUT2D eigenvalue weighted by Crippen LogP contribution is 2.73. The fraction of sp³-hybridized carbons (Fsp3) is 0.714. The fourth-order valence-electron chi connectivity index (χ4n) is 2.78. The average Bonchev–Trinajstić information content (AvgIpc) is 2.66. The van der Waals surface area contributed by atoms with Gasteiger partial charge in [0.15, 0.2) is 11.6 Å². The summed E-state index contributed by atoms with van der Waals surface area (Å²) in [5.74, 6) is -1.26. The minimum atomic E-state index is -2.86. The second kappa shape index (κ2) is 4.53. The van der Waals surface area contributed by atoms with Crippen LogP contribution in [0.5, 0.6) is 0 Å². The Morgan fingerprint density at radius 2 is 1.90 bits per heavy atom. The van der Waals surface area contributed by atoms with Crippen LogP contribution >= 0.6 is 0 Å². The molecule has 1 saturated carbocycles. The monoisotopic (exact) mass is 287 g/mol. The maximum absolute atomic E-state index is 13.0. The zero-order valence-electron chi connectivity index (χ0n) is 12.3. The molecule has 0 spiro atoms. The molecule has 1 aliphatic carbocycles. The Bertz CT molecular complexity index is 521. The van der Waals surface area contributed by atoms with Gasteiger partial charge in [0.25, 0.3) is 6.43 Å². The number of ether oxygens (including phenoxy) is 1. The molecule has 0 unspecified atom stereocenters. The molecular weight excluding hydrogens is 268 g/mol. The number of hydrogen-bond acceptors (Lipinski definition) is 4. The van der Waals surface area contributed by atoms with Gasteiger partial charge in [-0.25, -0.2) is 18.6 Å². The number of esters is 1. The van der Waals surface area contributed by atoms with Gasteiger partial charge < -0.3 is 9.15 Å². The predicted molar refractivity (Wildman–Crippen MR) is 67.7 cm³/mol. The number of carbonyl (C=O) groups is 1. The lowest BCUT2D eigenvalue weighted by atomic mass is 10.0. The van der Waals surface area contributed by atoms with Gasteiger partial charge in [0, 0.05) is 5.92 Å². The summed E-state index contributed by atoms with van der Waals surface area (Å²) in [5, 5.41) is 0. The van der Waals surface area contributed by atoms with Crippen molar-refractivity contribution < 1.29 is 22.7 Å². The molecule has 4 nitrogen and oxygen atoms in total. The summed E-state index contributed by atoms with van der Waals surface area (Å²) in [6, 6.07) is 0. The SMILES string of the molecule is CCOC(=O)c1oc(C2C(C)(C)C2(C)C)nc1C(F)F. The number of oxazole rings is 1. The topological polar surface area (TPSA) is 52.3 Å². The second-order valence-corrected chi connectivity index (χ2v) is 6.16. The third kappa shape index (κ3) is 2.01. The molecule has 1 aromatic rings. The first-order chi connectivity index (χ1) is 9.14. The van der Waals surface area contributed by atoms with E-state index in [0.717, 1.165) is 0 Å². The molecule has 20 heavy (non-hydrogen) atoms. The summed E-state index contributed by atoms with van der Waals surface area (Å²) in [7, 11) is 0. The first-order valence-electron chi connectivity index (χ1n) is 6.60. The fourth-order valence-corrected chi connectivity index (χ4v) is 2.78. The molecule has 0 amide bonds. The van der Waals surface area contributed by atoms with Crippen molar-refractivity contribution in [2.45, 2.75) is 47.0 Å². The Morgan fingerprint density at radius 3 is 2.30 bits per heavy atom. The van der Waals surface area contributed by atoms with Gasteiger partial charge in [0.2, 0.25) is 5.76 Å². The zero-order chi connectivity index (χ0) is 15.3. The van der Waals surface area contributed by atoms with Crippen molar-refractivity contribution in [2.24, 2.45) is 10.8 Å². The standard InChI is InChI=1S/C14H19F2NO3/c1-6-19-12(18)8-7(10(15)16)17-11(20-8)9-13(2,3)14(9,4)5/h9-10H,6H2,1-5H3. The summed E-state index contributed by atoms with van der Waals surface area (Å²) in [6.45, 7) is 9.78. The van der Waals surface area contributed by atoms with Crippen molar-refractivity contribution in [1.29, 1.82) is 0 Å². The first-order valence-corrected chi connectivity index (χ1v) is 6.60. The van der Waals surface area contributed by atoms with Gasteiger partial charge in [0.1, 0.15) is 0 Å². The minimum absolute atomic E-state index is 0.0873. The van der Waals surface area contributed by atoms with E-state index in [9.17, 15) is 13.6 Å². The number of aromatic nitrogens is 1. The lowest BCUT2D eigenvalue weighted by Crippen LogP contribution is -2.06. The van der Waals surface area contributed by atoms with E-state index in [4.69, 9.17) is 9.15 Å². The van der Waals surface area contributed by atoms with E-state index in [0.29, 0.717) is 0 Å². The average molecular weight is 287 g/mol. The number of hydrogen-bond donors (Lipinski definition) is 0. The quantitative estimate of drug-likeness (QED) is 0.787. The third-order valence-electron chi connectivity index (χ3n) is 4.61. The Kier molecular flexibility index (Phi) is 3.38. The van der Waals surface area contributed by atoms with E-state index in [-0.39, 0.29) is 29.2 Å². The molecule has 0 bridgehead atoms. The van der Waals surface area contributed by atoms with E-state index in [1.54, 1.807) is 6.92 Å². The maximum atomic E-state index is 13.0. The van der Waals surface area contributed by atoms with Crippen LogP contribution in [0.3, 0.4) is 0 Å². The molecule has 0 radical (unpaired) electrons. The Balaban J connectivity index is 2.39. The molecule has 1 aliphatic rings. The van der Waals surface area contributed by atoms with Crippen LogP contribution in [0, 0.1) is 10.8 Å². The lowest BCUT2D eigenvalue weighted by Gasteiger charge is -2.03. The van der Waals surface area contributed by atoms with Crippen molar-refractivity contribution in [3.05, 3.63) is 17.3 Å². The maximum Gasteiger partial charge on any atom is 0.376 e. The van der Waals surface area contributed by atoms with Gasteiger partial charge in [-0.15, -0.1) is 0 Å². The van der Waals surface area contributed by atoms with Crippen LogP contribution in [-0.2, 0) is 4.74 Å². The van der Waals surface area contributed by atoms with Gasteiger partial charge >= 0.3 is 5.97 Å². The smallest absolute Gasteiger partial charge is 0.376 e. The molecule has 112 valence electrons. The molecule has 1 aromatic heterocycles. The molecule has 1 fully saturated rings. The van der Waals surface area contributed by atoms with Gasteiger partial charge in [-0.2, -0.15) is 0 Å². The Morgan fingerprint density at radius 1 is 1.35 bits per heavy atom. The van der Waals surface area contributed by atoms with Gasteiger partial charge in [-0.3, -0.25) is 0 Å². The molecule has 0 saturated heterocycles. The highest BCUT2D eigenvalue weighted by atomic mass is 19.3. The van der Waals surface area contributed by atoms with E-state index in [2.05, 4.69) is 4.98 Å². The Labute approximate surface area is 116 Å². The van der Waals surface area contributed by atoms with Crippen LogP contribution in [0.1, 0.15) is 69.1 Å². The Hall–Kier alpha value is -1.46. The van der Waals surface area contributed by atoms with Crippen LogP contribution in [-0.4, -0.2) is 17.6 Å².